The van der Waals surface area contributed by atoms with Crippen molar-refractivity contribution < 1.29 is 9.21 Å². The van der Waals surface area contributed by atoms with Crippen LogP contribution in [0.25, 0.3) is 11.0 Å². The maximum absolute atomic E-state index is 12.1. The van der Waals surface area contributed by atoms with Crippen LogP contribution in [0.1, 0.15) is 23.9 Å². The summed E-state index contributed by atoms with van der Waals surface area (Å²) >= 11 is 0. The standard InChI is InChI=1S/C15H21N3O2/c1-10(6-7-18(2)3)17-15(19)14-9-11-8-12(16)4-5-13(11)20-14/h4-5,8-10H,6-7,16H2,1-3H3,(H,17,19). The first-order valence-corrected chi connectivity index (χ1v) is 6.70. The summed E-state index contributed by atoms with van der Waals surface area (Å²) in [5, 5.41) is 3.78. The molecule has 5 nitrogen and oxygen atoms in total. The monoisotopic (exact) mass is 275 g/mol. The summed E-state index contributed by atoms with van der Waals surface area (Å²) < 4.78 is 5.53. The van der Waals surface area contributed by atoms with E-state index in [2.05, 4.69) is 10.2 Å². The van der Waals surface area contributed by atoms with Crippen molar-refractivity contribution in [3.63, 3.8) is 0 Å². The number of anilines is 1. The van der Waals surface area contributed by atoms with Gasteiger partial charge in [-0.2, -0.15) is 0 Å². The number of nitrogens with two attached hydrogens (primary N) is 1. The second kappa shape index (κ2) is 5.96. The highest BCUT2D eigenvalue weighted by atomic mass is 16.3. The van der Waals surface area contributed by atoms with Crippen LogP contribution in [0.5, 0.6) is 0 Å². The smallest absolute Gasteiger partial charge is 0.287 e. The van der Waals surface area contributed by atoms with Gasteiger partial charge in [0.15, 0.2) is 5.76 Å². The molecule has 1 heterocycles. The second-order valence-corrected chi connectivity index (χ2v) is 5.37. The van der Waals surface area contributed by atoms with Gasteiger partial charge in [0, 0.05) is 17.1 Å². The largest absolute Gasteiger partial charge is 0.451 e. The molecule has 0 fully saturated rings. The summed E-state index contributed by atoms with van der Waals surface area (Å²) in [6.07, 6.45) is 0.895. The number of carbonyl (C=O) groups excluding carboxylic acids is 1. The highest BCUT2D eigenvalue weighted by Crippen LogP contribution is 2.21. The van der Waals surface area contributed by atoms with Crippen molar-refractivity contribution in [3.05, 3.63) is 30.0 Å². The number of fused-ring (bicyclic) bond motifs is 1. The Labute approximate surface area is 118 Å². The molecule has 0 spiro atoms. The van der Waals surface area contributed by atoms with Crippen molar-refractivity contribution >= 4 is 22.6 Å². The Morgan fingerprint density at radius 2 is 2.15 bits per heavy atom. The number of benzene rings is 1. The van der Waals surface area contributed by atoms with Crippen molar-refractivity contribution in [2.24, 2.45) is 0 Å². The van der Waals surface area contributed by atoms with E-state index < -0.39 is 0 Å². The number of nitrogen functional groups attached to an aromatic ring is 1. The molecule has 1 aromatic heterocycles. The first-order chi connectivity index (χ1) is 9.45. The zero-order chi connectivity index (χ0) is 14.7. The van der Waals surface area contributed by atoms with Crippen molar-refractivity contribution in [3.8, 4) is 0 Å². The van der Waals surface area contributed by atoms with Crippen LogP contribution in [-0.4, -0.2) is 37.5 Å². The highest BCUT2D eigenvalue weighted by Gasteiger charge is 2.14. The lowest BCUT2D eigenvalue weighted by atomic mass is 10.2. The van der Waals surface area contributed by atoms with Crippen molar-refractivity contribution in [1.29, 1.82) is 0 Å². The Morgan fingerprint density at radius 3 is 2.85 bits per heavy atom. The summed E-state index contributed by atoms with van der Waals surface area (Å²) in [7, 11) is 4.02. The van der Waals surface area contributed by atoms with E-state index in [1.54, 1.807) is 24.3 Å². The minimum Gasteiger partial charge on any atom is -0.451 e. The summed E-state index contributed by atoms with van der Waals surface area (Å²) in [5.41, 5.74) is 7.04. The third-order valence-corrected chi connectivity index (χ3v) is 3.15. The number of amides is 1. The molecule has 1 atom stereocenters. The Morgan fingerprint density at radius 1 is 1.40 bits per heavy atom. The van der Waals surface area contributed by atoms with Crippen molar-refractivity contribution in [2.45, 2.75) is 19.4 Å². The van der Waals surface area contributed by atoms with Gasteiger partial charge in [-0.05, 0) is 58.3 Å². The Hall–Kier alpha value is -2.01. The average Bonchev–Trinajstić information content (AvgIpc) is 2.79. The van der Waals surface area contributed by atoms with Crippen LogP contribution in [0.2, 0.25) is 0 Å². The summed E-state index contributed by atoms with van der Waals surface area (Å²) in [4.78, 5) is 14.2. The number of rotatable bonds is 5. The van der Waals surface area contributed by atoms with E-state index in [1.807, 2.05) is 21.0 Å². The molecule has 0 bridgehead atoms. The number of hydrogen-bond donors (Lipinski definition) is 2. The van der Waals surface area contributed by atoms with Crippen LogP contribution in [0, 0.1) is 0 Å². The van der Waals surface area contributed by atoms with Crippen LogP contribution in [0.3, 0.4) is 0 Å². The molecule has 2 aromatic rings. The van der Waals surface area contributed by atoms with Gasteiger partial charge in [0.05, 0.1) is 0 Å². The zero-order valence-corrected chi connectivity index (χ0v) is 12.1. The van der Waals surface area contributed by atoms with Gasteiger partial charge in [0.2, 0.25) is 0 Å². The molecule has 1 unspecified atom stereocenters. The number of nitrogens with zero attached hydrogens (tertiary/aromatic N) is 1. The van der Waals surface area contributed by atoms with E-state index in [9.17, 15) is 4.79 Å². The lowest BCUT2D eigenvalue weighted by Gasteiger charge is -2.15. The predicted octanol–water partition coefficient (Wildman–Crippen LogP) is 2.08. The Balaban J connectivity index is 2.03. The molecule has 2 rings (SSSR count). The molecule has 3 N–H and O–H groups in total. The second-order valence-electron chi connectivity index (χ2n) is 5.37. The minimum atomic E-state index is -0.189. The molecule has 0 saturated carbocycles. The molecule has 0 radical (unpaired) electrons. The topological polar surface area (TPSA) is 71.5 Å². The SMILES string of the molecule is CC(CCN(C)C)NC(=O)c1cc2cc(N)ccc2o1. The zero-order valence-electron chi connectivity index (χ0n) is 12.1. The van der Waals surface area contributed by atoms with E-state index in [0.717, 1.165) is 18.4 Å². The predicted molar refractivity (Wildman–Crippen MR) is 80.7 cm³/mol. The van der Waals surface area contributed by atoms with Gasteiger partial charge in [0.25, 0.3) is 5.91 Å². The van der Waals surface area contributed by atoms with Gasteiger partial charge in [-0.15, -0.1) is 0 Å². The Kier molecular flexibility index (Phi) is 4.29. The number of hydrogen-bond acceptors (Lipinski definition) is 4. The van der Waals surface area contributed by atoms with Crippen LogP contribution in [-0.2, 0) is 0 Å². The summed E-state index contributed by atoms with van der Waals surface area (Å²) in [6, 6.07) is 7.15. The molecular formula is C15H21N3O2. The molecule has 20 heavy (non-hydrogen) atoms. The molecule has 108 valence electrons. The normalized spacial score (nSPS) is 12.8. The third-order valence-electron chi connectivity index (χ3n) is 3.15. The molecule has 1 amide bonds. The van der Waals surface area contributed by atoms with Gasteiger partial charge in [-0.25, -0.2) is 0 Å². The molecule has 1 aromatic carbocycles. The fourth-order valence-corrected chi connectivity index (χ4v) is 1.99. The molecule has 0 aliphatic rings. The van der Waals surface area contributed by atoms with Crippen LogP contribution in [0.4, 0.5) is 5.69 Å². The van der Waals surface area contributed by atoms with Gasteiger partial charge in [0.1, 0.15) is 5.58 Å². The van der Waals surface area contributed by atoms with E-state index in [-0.39, 0.29) is 11.9 Å². The first kappa shape index (κ1) is 14.4. The average molecular weight is 275 g/mol. The molecule has 0 aliphatic heterocycles. The van der Waals surface area contributed by atoms with Gasteiger partial charge in [-0.1, -0.05) is 0 Å². The fraction of sp³-hybridized carbons (Fsp3) is 0.400. The number of carbonyl (C=O) groups is 1. The van der Waals surface area contributed by atoms with E-state index in [4.69, 9.17) is 10.2 Å². The third kappa shape index (κ3) is 3.51. The first-order valence-electron chi connectivity index (χ1n) is 6.70. The van der Waals surface area contributed by atoms with Crippen LogP contribution < -0.4 is 11.1 Å². The molecular weight excluding hydrogens is 254 g/mol. The summed E-state index contributed by atoms with van der Waals surface area (Å²) in [5.74, 6) is 0.133. The molecule has 0 saturated heterocycles. The van der Waals surface area contributed by atoms with Gasteiger partial charge in [-0.3, -0.25) is 4.79 Å². The molecule has 0 aliphatic carbocycles. The van der Waals surface area contributed by atoms with E-state index in [0.29, 0.717) is 17.0 Å². The highest BCUT2D eigenvalue weighted by molar-refractivity contribution is 5.96. The van der Waals surface area contributed by atoms with Gasteiger partial charge < -0.3 is 20.4 Å². The lowest BCUT2D eigenvalue weighted by Crippen LogP contribution is -2.34. The van der Waals surface area contributed by atoms with Crippen LogP contribution >= 0.6 is 0 Å². The van der Waals surface area contributed by atoms with Crippen LogP contribution in [0.15, 0.2) is 28.7 Å². The lowest BCUT2D eigenvalue weighted by molar-refractivity contribution is 0.0911. The maximum Gasteiger partial charge on any atom is 0.287 e. The quantitative estimate of drug-likeness (QED) is 0.820. The number of nitrogens with one attached hydrogen (secondary N) is 1. The molecule has 5 heteroatoms. The maximum atomic E-state index is 12.1. The van der Waals surface area contributed by atoms with E-state index >= 15 is 0 Å². The number of furan rings is 1. The fourth-order valence-electron chi connectivity index (χ4n) is 1.99. The van der Waals surface area contributed by atoms with Gasteiger partial charge >= 0.3 is 0 Å². The van der Waals surface area contributed by atoms with Crippen molar-refractivity contribution in [1.82, 2.24) is 10.2 Å². The van der Waals surface area contributed by atoms with Crippen molar-refractivity contribution in [2.75, 3.05) is 26.4 Å². The minimum absolute atomic E-state index is 0.100. The Bertz CT molecular complexity index is 604. The van der Waals surface area contributed by atoms with E-state index in [1.165, 1.54) is 0 Å². The summed E-state index contributed by atoms with van der Waals surface area (Å²) in [6.45, 7) is 2.92.